The first-order valence-corrected chi connectivity index (χ1v) is 9.80. The van der Waals surface area contributed by atoms with Crippen molar-refractivity contribution < 1.29 is 29.1 Å². The minimum atomic E-state index is -0.689. The molecule has 0 radical (unpaired) electrons. The number of benzene rings is 2. The molecule has 1 amide bonds. The van der Waals surface area contributed by atoms with Crippen LogP contribution in [0.3, 0.4) is 0 Å². The number of fused-ring (bicyclic) bond motifs is 1. The average Bonchev–Trinajstić information content (AvgIpc) is 2.77. The van der Waals surface area contributed by atoms with Gasteiger partial charge in [0.05, 0.1) is 6.61 Å². The van der Waals surface area contributed by atoms with Crippen LogP contribution >= 0.6 is 24.8 Å². The maximum atomic E-state index is 11.8. The van der Waals surface area contributed by atoms with Crippen LogP contribution in [-0.2, 0) is 16.1 Å². The normalized spacial score (nSPS) is 12.8. The number of hydrogen-bond donors (Lipinski definition) is 4. The molecule has 0 saturated heterocycles. The predicted molar refractivity (Wildman–Crippen MR) is 125 cm³/mol. The van der Waals surface area contributed by atoms with Gasteiger partial charge in [-0.25, -0.2) is 0 Å². The third kappa shape index (κ3) is 8.97. The van der Waals surface area contributed by atoms with Gasteiger partial charge in [-0.05, 0) is 36.4 Å². The zero-order chi connectivity index (χ0) is 21.2. The molecule has 0 bridgehead atoms. The number of amides is 1. The first-order chi connectivity index (χ1) is 14.6. The third-order valence-corrected chi connectivity index (χ3v) is 4.36. The van der Waals surface area contributed by atoms with Gasteiger partial charge in [0.15, 0.2) is 12.4 Å². The summed E-state index contributed by atoms with van der Waals surface area (Å²) in [5.41, 5.74) is 7.17. The number of halogens is 2. The van der Waals surface area contributed by atoms with E-state index in [0.717, 1.165) is 5.56 Å². The number of ether oxygens (including phenoxy) is 2. The number of anilines is 1. The molecule has 11 heteroatoms. The second kappa shape index (κ2) is 14.6. The van der Waals surface area contributed by atoms with E-state index in [0.29, 0.717) is 55.6 Å². The van der Waals surface area contributed by atoms with Gasteiger partial charge in [-0.15, -0.1) is 24.8 Å². The fourth-order valence-corrected chi connectivity index (χ4v) is 2.82. The van der Waals surface area contributed by atoms with Crippen LogP contribution in [0.1, 0.15) is 5.56 Å². The lowest BCUT2D eigenvalue weighted by Gasteiger charge is -2.20. The van der Waals surface area contributed by atoms with Crippen molar-refractivity contribution in [2.24, 2.45) is 0 Å². The number of nitrogens with two attached hydrogens (primary N) is 1. The van der Waals surface area contributed by atoms with Gasteiger partial charge in [-0.3, -0.25) is 4.79 Å². The molecule has 1 aliphatic heterocycles. The Kier molecular flexibility index (Phi) is 12.6. The molecule has 32 heavy (non-hydrogen) atoms. The lowest BCUT2D eigenvalue weighted by molar-refractivity contribution is -0.215. The molecule has 1 heterocycles. The molecule has 0 fully saturated rings. The SMILES string of the molecule is Cl.Cl.Nc1ccc(OCC(=O)NCCNCC(O)COc2cccc3c2CCOO3)cc1. The number of aliphatic hydroxyl groups excluding tert-OH is 1. The molecule has 2 aromatic rings. The van der Waals surface area contributed by atoms with E-state index in [1.54, 1.807) is 24.3 Å². The molecule has 5 N–H and O–H groups in total. The van der Waals surface area contributed by atoms with Gasteiger partial charge in [0.1, 0.15) is 24.2 Å². The van der Waals surface area contributed by atoms with E-state index < -0.39 is 6.10 Å². The van der Waals surface area contributed by atoms with E-state index in [1.807, 2.05) is 18.2 Å². The summed E-state index contributed by atoms with van der Waals surface area (Å²) in [4.78, 5) is 21.9. The third-order valence-electron chi connectivity index (χ3n) is 4.36. The van der Waals surface area contributed by atoms with Gasteiger partial charge in [0.25, 0.3) is 5.91 Å². The summed E-state index contributed by atoms with van der Waals surface area (Å²) >= 11 is 0. The largest absolute Gasteiger partial charge is 0.490 e. The number of carbonyl (C=O) groups is 1. The molecule has 0 aromatic heterocycles. The summed E-state index contributed by atoms with van der Waals surface area (Å²) in [7, 11) is 0. The van der Waals surface area contributed by atoms with Gasteiger partial charge >= 0.3 is 0 Å². The molecule has 0 spiro atoms. The highest BCUT2D eigenvalue weighted by Crippen LogP contribution is 2.31. The number of nitrogens with one attached hydrogen (secondary N) is 2. The number of carbonyl (C=O) groups excluding carboxylic acids is 1. The Labute approximate surface area is 199 Å². The maximum Gasteiger partial charge on any atom is 0.257 e. The van der Waals surface area contributed by atoms with Crippen molar-refractivity contribution in [3.05, 3.63) is 48.0 Å². The first-order valence-electron chi connectivity index (χ1n) is 9.80. The molecular formula is C21H29Cl2N3O6. The lowest BCUT2D eigenvalue weighted by Crippen LogP contribution is -2.38. The lowest BCUT2D eigenvalue weighted by atomic mass is 10.1. The molecule has 1 aliphatic rings. The van der Waals surface area contributed by atoms with Gasteiger partial charge in [0.2, 0.25) is 0 Å². The average molecular weight is 490 g/mol. The van der Waals surface area contributed by atoms with Crippen molar-refractivity contribution in [2.45, 2.75) is 12.5 Å². The fourth-order valence-electron chi connectivity index (χ4n) is 2.82. The number of aliphatic hydroxyl groups is 1. The van der Waals surface area contributed by atoms with E-state index in [4.69, 9.17) is 25.0 Å². The Morgan fingerprint density at radius 2 is 1.91 bits per heavy atom. The summed E-state index contributed by atoms with van der Waals surface area (Å²) in [6.07, 6.45) is 0.00729. The van der Waals surface area contributed by atoms with Gasteiger partial charge < -0.3 is 35.8 Å². The van der Waals surface area contributed by atoms with Gasteiger partial charge in [-0.2, -0.15) is 4.89 Å². The second-order valence-corrected chi connectivity index (χ2v) is 6.76. The standard InChI is InChI=1S/C21H27N3O6.2ClH/c22-15-4-6-17(7-5-15)27-14-21(26)24-10-9-23-12-16(25)13-28-19-2-1-3-20-18(19)8-11-29-30-20;;/h1-7,16,23,25H,8-14,22H2,(H,24,26);2*1H. The topological polar surface area (TPSA) is 124 Å². The van der Waals surface area contributed by atoms with Crippen LogP contribution in [0.2, 0.25) is 0 Å². The molecular weight excluding hydrogens is 461 g/mol. The van der Waals surface area contributed by atoms with Crippen LogP contribution < -0.4 is 30.7 Å². The van der Waals surface area contributed by atoms with E-state index in [-0.39, 0.29) is 43.9 Å². The zero-order valence-electron chi connectivity index (χ0n) is 17.5. The molecule has 0 saturated carbocycles. The molecule has 1 atom stereocenters. The maximum absolute atomic E-state index is 11.8. The highest BCUT2D eigenvalue weighted by Gasteiger charge is 2.17. The highest BCUT2D eigenvalue weighted by atomic mass is 35.5. The number of nitrogen functional groups attached to an aromatic ring is 1. The molecule has 3 rings (SSSR count). The van der Waals surface area contributed by atoms with Crippen LogP contribution in [0.15, 0.2) is 42.5 Å². The van der Waals surface area contributed by atoms with Gasteiger partial charge in [0, 0.05) is 37.3 Å². The summed E-state index contributed by atoms with van der Waals surface area (Å²) < 4.78 is 11.1. The van der Waals surface area contributed by atoms with E-state index in [2.05, 4.69) is 10.6 Å². The quantitative estimate of drug-likeness (QED) is 0.212. The second-order valence-electron chi connectivity index (χ2n) is 6.76. The van der Waals surface area contributed by atoms with Crippen LogP contribution in [0.4, 0.5) is 5.69 Å². The summed E-state index contributed by atoms with van der Waals surface area (Å²) in [5, 5.41) is 15.9. The Morgan fingerprint density at radius 1 is 1.12 bits per heavy atom. The Hall–Kier alpha value is -2.43. The molecule has 1 unspecified atom stereocenters. The summed E-state index contributed by atoms with van der Waals surface area (Å²) in [6, 6.07) is 12.3. The minimum absolute atomic E-state index is 0. The van der Waals surface area contributed by atoms with Crippen molar-refractivity contribution in [1.82, 2.24) is 10.6 Å². The van der Waals surface area contributed by atoms with Crippen LogP contribution in [0.5, 0.6) is 17.2 Å². The molecule has 178 valence electrons. The van der Waals surface area contributed by atoms with Crippen molar-refractivity contribution in [3.8, 4) is 17.2 Å². The van der Waals surface area contributed by atoms with Crippen molar-refractivity contribution >= 4 is 36.4 Å². The summed E-state index contributed by atoms with van der Waals surface area (Å²) in [6.45, 7) is 1.81. The summed E-state index contributed by atoms with van der Waals surface area (Å²) in [5.74, 6) is 1.68. The van der Waals surface area contributed by atoms with Crippen LogP contribution in [0.25, 0.3) is 0 Å². The van der Waals surface area contributed by atoms with Gasteiger partial charge in [-0.1, -0.05) is 6.07 Å². The molecule has 0 aliphatic carbocycles. The zero-order valence-corrected chi connectivity index (χ0v) is 19.1. The van der Waals surface area contributed by atoms with E-state index in [9.17, 15) is 9.90 Å². The van der Waals surface area contributed by atoms with Crippen LogP contribution in [-0.4, -0.2) is 56.6 Å². The smallest absolute Gasteiger partial charge is 0.257 e. The van der Waals surface area contributed by atoms with Crippen molar-refractivity contribution in [2.75, 3.05) is 45.2 Å². The van der Waals surface area contributed by atoms with Crippen LogP contribution in [0, 0.1) is 0 Å². The minimum Gasteiger partial charge on any atom is -0.490 e. The monoisotopic (exact) mass is 489 g/mol. The highest BCUT2D eigenvalue weighted by molar-refractivity contribution is 5.85. The Balaban J connectivity index is 0.00000256. The van der Waals surface area contributed by atoms with E-state index in [1.165, 1.54) is 0 Å². The first kappa shape index (κ1) is 27.6. The number of hydrogen-bond acceptors (Lipinski definition) is 8. The van der Waals surface area contributed by atoms with Crippen molar-refractivity contribution in [1.29, 1.82) is 0 Å². The Morgan fingerprint density at radius 3 is 2.69 bits per heavy atom. The Bertz CT molecular complexity index is 826. The van der Waals surface area contributed by atoms with E-state index >= 15 is 0 Å². The molecule has 2 aromatic carbocycles. The fraction of sp³-hybridized carbons (Fsp3) is 0.381. The number of rotatable bonds is 11. The molecule has 9 nitrogen and oxygen atoms in total. The van der Waals surface area contributed by atoms with Crippen molar-refractivity contribution in [3.63, 3.8) is 0 Å². The predicted octanol–water partition coefficient (Wildman–Crippen LogP) is 1.50.